The molecule has 29 heavy (non-hydrogen) atoms. The number of rotatable bonds is 3. The molecule has 3 aromatic rings. The summed E-state index contributed by atoms with van der Waals surface area (Å²) >= 11 is 0. The number of fused-ring (bicyclic) bond motifs is 1. The van der Waals surface area contributed by atoms with Crippen molar-refractivity contribution >= 4 is 17.4 Å². The van der Waals surface area contributed by atoms with Crippen molar-refractivity contribution in [2.45, 2.75) is 38.5 Å². The van der Waals surface area contributed by atoms with Crippen molar-refractivity contribution < 1.29 is 22.4 Å². The number of aromatic nitrogens is 2. The fourth-order valence-corrected chi connectivity index (χ4v) is 3.42. The maximum absolute atomic E-state index is 13.7. The first-order chi connectivity index (χ1) is 13.7. The summed E-state index contributed by atoms with van der Waals surface area (Å²) in [5.41, 5.74) is 2.66. The van der Waals surface area contributed by atoms with Crippen LogP contribution in [0, 0.1) is 13.8 Å². The number of halogens is 3. The normalized spacial score (nSPS) is 18.8. The van der Waals surface area contributed by atoms with Gasteiger partial charge in [-0.05, 0) is 49.2 Å². The van der Waals surface area contributed by atoms with E-state index in [0.29, 0.717) is 11.4 Å². The average molecular weight is 404 g/mol. The van der Waals surface area contributed by atoms with Crippen molar-refractivity contribution in [1.29, 1.82) is 0 Å². The molecule has 1 aromatic carbocycles. The van der Waals surface area contributed by atoms with E-state index in [0.717, 1.165) is 22.0 Å². The zero-order chi connectivity index (χ0) is 20.8. The SMILES string of the molecule is Cc1ccc(NC(=O)c2cnn3c2N[C@@H](c2ccco2)C[C@H]3C(F)(F)F)cc1C. The van der Waals surface area contributed by atoms with E-state index in [9.17, 15) is 18.0 Å². The highest BCUT2D eigenvalue weighted by atomic mass is 19.4. The zero-order valence-corrected chi connectivity index (χ0v) is 15.7. The molecule has 2 atom stereocenters. The molecule has 1 aliphatic rings. The van der Waals surface area contributed by atoms with Crippen LogP contribution in [-0.2, 0) is 0 Å². The Bertz CT molecular complexity index is 1040. The third-order valence-corrected chi connectivity index (χ3v) is 5.13. The van der Waals surface area contributed by atoms with Gasteiger partial charge in [0, 0.05) is 12.1 Å². The molecule has 3 heterocycles. The average Bonchev–Trinajstić information content (AvgIpc) is 3.32. The predicted octanol–water partition coefficient (Wildman–Crippen LogP) is 5.01. The molecule has 0 fully saturated rings. The largest absolute Gasteiger partial charge is 0.467 e. The summed E-state index contributed by atoms with van der Waals surface area (Å²) in [6.07, 6.45) is -2.25. The van der Waals surface area contributed by atoms with E-state index in [4.69, 9.17) is 4.42 Å². The van der Waals surface area contributed by atoms with Crippen LogP contribution in [0.2, 0.25) is 0 Å². The third-order valence-electron chi connectivity index (χ3n) is 5.13. The molecule has 1 amide bonds. The number of carbonyl (C=O) groups is 1. The number of amides is 1. The molecular weight excluding hydrogens is 385 g/mol. The van der Waals surface area contributed by atoms with Crippen molar-refractivity contribution in [3.8, 4) is 0 Å². The van der Waals surface area contributed by atoms with E-state index in [1.165, 1.54) is 6.26 Å². The van der Waals surface area contributed by atoms with Gasteiger partial charge in [-0.1, -0.05) is 6.07 Å². The second-order valence-corrected chi connectivity index (χ2v) is 7.11. The second-order valence-electron chi connectivity index (χ2n) is 7.11. The van der Waals surface area contributed by atoms with Gasteiger partial charge in [0.25, 0.3) is 5.91 Å². The minimum Gasteiger partial charge on any atom is -0.467 e. The van der Waals surface area contributed by atoms with E-state index >= 15 is 0 Å². The first kappa shape index (κ1) is 19.1. The molecular formula is C20H19F3N4O2. The number of aryl methyl sites for hydroxylation is 2. The summed E-state index contributed by atoms with van der Waals surface area (Å²) in [6.45, 7) is 3.86. The smallest absolute Gasteiger partial charge is 0.410 e. The van der Waals surface area contributed by atoms with Crippen molar-refractivity contribution in [3.63, 3.8) is 0 Å². The number of anilines is 2. The summed E-state index contributed by atoms with van der Waals surface area (Å²) in [6, 6.07) is 6.04. The van der Waals surface area contributed by atoms with Crippen LogP contribution in [0.3, 0.4) is 0 Å². The highest BCUT2D eigenvalue weighted by molar-refractivity contribution is 6.07. The molecule has 0 bridgehead atoms. The van der Waals surface area contributed by atoms with Crippen molar-refractivity contribution in [2.75, 3.05) is 10.6 Å². The first-order valence-corrected chi connectivity index (χ1v) is 9.07. The molecule has 9 heteroatoms. The van der Waals surface area contributed by atoms with Gasteiger partial charge in [0.2, 0.25) is 0 Å². The summed E-state index contributed by atoms with van der Waals surface area (Å²) in [5.74, 6) is -0.156. The third kappa shape index (κ3) is 3.59. The van der Waals surface area contributed by atoms with E-state index in [-0.39, 0.29) is 17.8 Å². The topological polar surface area (TPSA) is 72.1 Å². The number of alkyl halides is 3. The minimum atomic E-state index is -4.52. The molecule has 1 aliphatic heterocycles. The van der Waals surface area contributed by atoms with Crippen LogP contribution in [0.5, 0.6) is 0 Å². The van der Waals surface area contributed by atoms with Crippen molar-refractivity contribution in [3.05, 3.63) is 65.2 Å². The van der Waals surface area contributed by atoms with Gasteiger partial charge >= 0.3 is 6.18 Å². The molecule has 0 saturated carbocycles. The Morgan fingerprint density at radius 3 is 2.72 bits per heavy atom. The summed E-state index contributed by atoms with van der Waals surface area (Å²) in [7, 11) is 0. The Balaban J connectivity index is 1.67. The quantitative estimate of drug-likeness (QED) is 0.644. The van der Waals surface area contributed by atoms with E-state index in [1.807, 2.05) is 19.9 Å². The lowest BCUT2D eigenvalue weighted by molar-refractivity contribution is -0.174. The molecule has 0 unspecified atom stereocenters. The maximum atomic E-state index is 13.7. The Hall–Kier alpha value is -3.23. The molecule has 152 valence electrons. The molecule has 2 aromatic heterocycles. The van der Waals surface area contributed by atoms with Crippen LogP contribution >= 0.6 is 0 Å². The van der Waals surface area contributed by atoms with Gasteiger partial charge in [-0.25, -0.2) is 4.68 Å². The lowest BCUT2D eigenvalue weighted by atomic mass is 10.0. The monoisotopic (exact) mass is 404 g/mol. The fourth-order valence-electron chi connectivity index (χ4n) is 3.42. The molecule has 0 radical (unpaired) electrons. The van der Waals surface area contributed by atoms with Gasteiger partial charge in [0.15, 0.2) is 6.04 Å². The molecule has 6 nitrogen and oxygen atoms in total. The highest BCUT2D eigenvalue weighted by Gasteiger charge is 2.47. The Morgan fingerprint density at radius 1 is 1.28 bits per heavy atom. The van der Waals surface area contributed by atoms with E-state index < -0.39 is 24.2 Å². The standard InChI is InChI=1S/C20H19F3N4O2/c1-11-5-6-13(8-12(11)2)25-19(28)14-10-24-27-17(20(21,22)23)9-15(26-18(14)27)16-4-3-7-29-16/h3-8,10,15,17,26H,9H2,1-2H3,(H,25,28)/t15-,17+/m1/s1. The lowest BCUT2D eigenvalue weighted by Gasteiger charge is -2.32. The summed E-state index contributed by atoms with van der Waals surface area (Å²) in [4.78, 5) is 12.8. The zero-order valence-electron chi connectivity index (χ0n) is 15.7. The van der Waals surface area contributed by atoms with Crippen LogP contribution in [0.15, 0.2) is 47.2 Å². The van der Waals surface area contributed by atoms with Gasteiger partial charge in [0.1, 0.15) is 17.1 Å². The number of hydrogen-bond donors (Lipinski definition) is 2. The molecule has 2 N–H and O–H groups in total. The lowest BCUT2D eigenvalue weighted by Crippen LogP contribution is -2.36. The van der Waals surface area contributed by atoms with Crippen molar-refractivity contribution in [1.82, 2.24) is 9.78 Å². The Kier molecular flexibility index (Phi) is 4.60. The Labute approximate surface area is 164 Å². The van der Waals surface area contributed by atoms with Crippen LogP contribution in [0.4, 0.5) is 24.7 Å². The van der Waals surface area contributed by atoms with Gasteiger partial charge < -0.3 is 15.1 Å². The number of nitrogens with zero attached hydrogens (tertiary/aromatic N) is 2. The number of carbonyl (C=O) groups excluding carboxylic acids is 1. The van der Waals surface area contributed by atoms with Crippen LogP contribution in [0.25, 0.3) is 0 Å². The molecule has 0 saturated heterocycles. The number of benzene rings is 1. The second kappa shape index (κ2) is 6.98. The van der Waals surface area contributed by atoms with Crippen LogP contribution in [-0.4, -0.2) is 21.9 Å². The number of nitrogens with one attached hydrogen (secondary N) is 2. The van der Waals surface area contributed by atoms with Gasteiger partial charge in [-0.15, -0.1) is 0 Å². The molecule has 0 spiro atoms. The van der Waals surface area contributed by atoms with Gasteiger partial charge in [0.05, 0.1) is 18.5 Å². The predicted molar refractivity (Wildman–Crippen MR) is 101 cm³/mol. The summed E-state index contributed by atoms with van der Waals surface area (Å²) < 4.78 is 47.1. The van der Waals surface area contributed by atoms with Crippen molar-refractivity contribution in [2.24, 2.45) is 0 Å². The van der Waals surface area contributed by atoms with Gasteiger partial charge in [-0.2, -0.15) is 18.3 Å². The first-order valence-electron chi connectivity index (χ1n) is 9.07. The number of furan rings is 1. The highest BCUT2D eigenvalue weighted by Crippen LogP contribution is 2.44. The maximum Gasteiger partial charge on any atom is 0.410 e. The minimum absolute atomic E-state index is 0.0151. The van der Waals surface area contributed by atoms with E-state index in [2.05, 4.69) is 15.7 Å². The van der Waals surface area contributed by atoms with Gasteiger partial charge in [-0.3, -0.25) is 4.79 Å². The Morgan fingerprint density at radius 2 is 2.07 bits per heavy atom. The van der Waals surface area contributed by atoms with Crippen LogP contribution < -0.4 is 10.6 Å². The van der Waals surface area contributed by atoms with Crippen LogP contribution in [0.1, 0.15) is 45.7 Å². The molecule has 4 rings (SSSR count). The fraction of sp³-hybridized carbons (Fsp3) is 0.300. The van der Waals surface area contributed by atoms with E-state index in [1.54, 1.807) is 24.3 Å². The summed E-state index contributed by atoms with van der Waals surface area (Å²) in [5, 5.41) is 9.57. The molecule has 0 aliphatic carbocycles. The number of hydrogen-bond acceptors (Lipinski definition) is 4.